The summed E-state index contributed by atoms with van der Waals surface area (Å²) in [6.45, 7) is 6.10. The lowest BCUT2D eigenvalue weighted by atomic mass is 10.0. The van der Waals surface area contributed by atoms with Gasteiger partial charge in [-0.15, -0.1) is 11.3 Å². The highest BCUT2D eigenvalue weighted by molar-refractivity contribution is 7.12. The van der Waals surface area contributed by atoms with Crippen molar-refractivity contribution >= 4 is 17.2 Å². The van der Waals surface area contributed by atoms with Gasteiger partial charge in [-0.05, 0) is 35.8 Å². The minimum absolute atomic E-state index is 0.121. The zero-order valence-electron chi connectivity index (χ0n) is 10.5. The summed E-state index contributed by atoms with van der Waals surface area (Å²) in [7, 11) is 0. The van der Waals surface area contributed by atoms with Gasteiger partial charge in [-0.25, -0.2) is 0 Å². The molecule has 0 saturated heterocycles. The Morgan fingerprint density at radius 3 is 2.82 bits per heavy atom. The van der Waals surface area contributed by atoms with Crippen LogP contribution in [0.1, 0.15) is 42.4 Å². The molecule has 1 aromatic rings. The number of amides is 1. The van der Waals surface area contributed by atoms with Crippen LogP contribution in [0.15, 0.2) is 11.4 Å². The van der Waals surface area contributed by atoms with Gasteiger partial charge >= 0.3 is 0 Å². The van der Waals surface area contributed by atoms with Crippen LogP contribution in [0.2, 0.25) is 0 Å². The largest absolute Gasteiger partial charge is 0.336 e. The molecule has 1 aromatic heterocycles. The Kier molecular flexibility index (Phi) is 5.17. The van der Waals surface area contributed by atoms with Gasteiger partial charge in [0, 0.05) is 0 Å². The zero-order chi connectivity index (χ0) is 12.8. The maximum atomic E-state index is 12.0. The lowest BCUT2D eigenvalue weighted by Crippen LogP contribution is -2.34. The van der Waals surface area contributed by atoms with Crippen molar-refractivity contribution in [2.45, 2.75) is 39.7 Å². The van der Waals surface area contributed by atoms with Crippen LogP contribution in [0.25, 0.3) is 0 Å². The van der Waals surface area contributed by atoms with Crippen molar-refractivity contribution in [1.82, 2.24) is 5.32 Å². The van der Waals surface area contributed by atoms with Crippen LogP contribution in [0, 0.1) is 17.2 Å². The number of hydrogen-bond donors (Lipinski definition) is 1. The van der Waals surface area contributed by atoms with E-state index in [2.05, 4.69) is 11.4 Å². The Bertz CT molecular complexity index is 417. The summed E-state index contributed by atoms with van der Waals surface area (Å²) in [6.07, 6.45) is 1.53. The van der Waals surface area contributed by atoms with E-state index in [0.29, 0.717) is 12.3 Å². The Morgan fingerprint density at radius 2 is 2.29 bits per heavy atom. The van der Waals surface area contributed by atoms with E-state index in [9.17, 15) is 4.79 Å². The van der Waals surface area contributed by atoms with E-state index in [1.54, 1.807) is 0 Å². The van der Waals surface area contributed by atoms with Gasteiger partial charge in [0.25, 0.3) is 5.91 Å². The molecule has 0 aromatic carbocycles. The minimum atomic E-state index is -0.394. The van der Waals surface area contributed by atoms with Crippen LogP contribution in [-0.4, -0.2) is 11.9 Å². The van der Waals surface area contributed by atoms with Crippen molar-refractivity contribution < 1.29 is 4.79 Å². The highest BCUT2D eigenvalue weighted by atomic mass is 32.1. The van der Waals surface area contributed by atoms with Crippen molar-refractivity contribution in [2.75, 3.05) is 0 Å². The van der Waals surface area contributed by atoms with E-state index in [0.717, 1.165) is 16.9 Å². The Morgan fingerprint density at radius 1 is 1.59 bits per heavy atom. The molecule has 92 valence electrons. The SMILES string of the molecule is CCc1ccsc1C(=O)N[C@@H](C#N)CC(C)C. The highest BCUT2D eigenvalue weighted by Crippen LogP contribution is 2.17. The minimum Gasteiger partial charge on any atom is -0.336 e. The van der Waals surface area contributed by atoms with Crippen LogP contribution < -0.4 is 5.32 Å². The number of nitrogens with zero attached hydrogens (tertiary/aromatic N) is 1. The van der Waals surface area contributed by atoms with E-state index in [1.807, 2.05) is 32.2 Å². The van der Waals surface area contributed by atoms with Gasteiger partial charge in [-0.2, -0.15) is 5.26 Å². The zero-order valence-corrected chi connectivity index (χ0v) is 11.3. The number of nitriles is 1. The molecule has 0 fully saturated rings. The normalized spacial score (nSPS) is 12.2. The first kappa shape index (κ1) is 13.7. The molecular weight excluding hydrogens is 232 g/mol. The number of nitrogens with one attached hydrogen (secondary N) is 1. The molecule has 1 rings (SSSR count). The van der Waals surface area contributed by atoms with Crippen LogP contribution in [0.4, 0.5) is 0 Å². The van der Waals surface area contributed by atoms with Crippen LogP contribution >= 0.6 is 11.3 Å². The molecule has 0 unspecified atom stereocenters. The number of hydrogen-bond acceptors (Lipinski definition) is 3. The quantitative estimate of drug-likeness (QED) is 0.873. The number of carbonyl (C=O) groups excluding carboxylic acids is 1. The van der Waals surface area contributed by atoms with E-state index < -0.39 is 6.04 Å². The second-order valence-corrected chi connectivity index (χ2v) is 5.33. The van der Waals surface area contributed by atoms with Gasteiger partial charge in [0.15, 0.2) is 0 Å². The fraction of sp³-hybridized carbons (Fsp3) is 0.538. The van der Waals surface area contributed by atoms with E-state index in [-0.39, 0.29) is 5.91 Å². The van der Waals surface area contributed by atoms with Gasteiger partial charge in [0.05, 0.1) is 10.9 Å². The summed E-state index contributed by atoms with van der Waals surface area (Å²) in [6, 6.07) is 3.70. The molecule has 1 N–H and O–H groups in total. The van der Waals surface area contributed by atoms with Gasteiger partial charge in [0.1, 0.15) is 6.04 Å². The Labute approximate surface area is 106 Å². The summed E-state index contributed by atoms with van der Waals surface area (Å²) in [5.74, 6) is 0.276. The summed E-state index contributed by atoms with van der Waals surface area (Å²) in [5.41, 5.74) is 1.05. The predicted molar refractivity (Wildman–Crippen MR) is 70.0 cm³/mol. The molecule has 0 bridgehead atoms. The third kappa shape index (κ3) is 3.86. The molecule has 1 heterocycles. The fourth-order valence-electron chi connectivity index (χ4n) is 1.65. The second kappa shape index (κ2) is 6.41. The standard InChI is InChI=1S/C13H18N2OS/c1-4-10-5-6-17-12(10)13(16)15-11(8-14)7-9(2)3/h5-6,9,11H,4,7H2,1-3H3,(H,15,16)/t11-/m1/s1. The maximum absolute atomic E-state index is 12.0. The molecule has 0 aliphatic carbocycles. The summed E-state index contributed by atoms with van der Waals surface area (Å²) in [4.78, 5) is 12.7. The van der Waals surface area contributed by atoms with Crippen LogP contribution in [0.3, 0.4) is 0 Å². The topological polar surface area (TPSA) is 52.9 Å². The highest BCUT2D eigenvalue weighted by Gasteiger charge is 2.17. The van der Waals surface area contributed by atoms with Crippen molar-refractivity contribution in [2.24, 2.45) is 5.92 Å². The van der Waals surface area contributed by atoms with Gasteiger partial charge in [-0.3, -0.25) is 4.79 Å². The predicted octanol–water partition coefficient (Wildman–Crippen LogP) is 2.98. The number of thiophene rings is 1. The number of rotatable bonds is 5. The lowest BCUT2D eigenvalue weighted by molar-refractivity contribution is 0.0945. The van der Waals surface area contributed by atoms with Crippen LogP contribution in [0.5, 0.6) is 0 Å². The smallest absolute Gasteiger partial charge is 0.262 e. The molecule has 1 atom stereocenters. The molecule has 0 saturated carbocycles. The summed E-state index contributed by atoms with van der Waals surface area (Å²) < 4.78 is 0. The van der Waals surface area contributed by atoms with Crippen molar-refractivity contribution in [3.8, 4) is 6.07 Å². The molecule has 4 heteroatoms. The molecule has 0 aliphatic rings. The molecule has 0 aliphatic heterocycles. The molecule has 0 radical (unpaired) electrons. The summed E-state index contributed by atoms with van der Waals surface area (Å²) >= 11 is 1.43. The van der Waals surface area contributed by atoms with Crippen LogP contribution in [-0.2, 0) is 6.42 Å². The third-order valence-electron chi connectivity index (χ3n) is 2.50. The number of carbonyl (C=O) groups is 1. The first-order valence-corrected chi connectivity index (χ1v) is 6.73. The first-order chi connectivity index (χ1) is 8.08. The molecule has 1 amide bonds. The van der Waals surface area contributed by atoms with Gasteiger partial charge in [-0.1, -0.05) is 20.8 Å². The van der Waals surface area contributed by atoms with Gasteiger partial charge in [0.2, 0.25) is 0 Å². The van der Waals surface area contributed by atoms with E-state index >= 15 is 0 Å². The van der Waals surface area contributed by atoms with Crippen molar-refractivity contribution in [3.63, 3.8) is 0 Å². The van der Waals surface area contributed by atoms with Crippen molar-refractivity contribution in [3.05, 3.63) is 21.9 Å². The Balaban J connectivity index is 2.68. The molecule has 3 nitrogen and oxygen atoms in total. The molecule has 17 heavy (non-hydrogen) atoms. The van der Waals surface area contributed by atoms with Crippen molar-refractivity contribution in [1.29, 1.82) is 5.26 Å². The first-order valence-electron chi connectivity index (χ1n) is 5.85. The average molecular weight is 250 g/mol. The molecular formula is C13H18N2OS. The van der Waals surface area contributed by atoms with E-state index in [1.165, 1.54) is 11.3 Å². The third-order valence-corrected chi connectivity index (χ3v) is 3.46. The second-order valence-electron chi connectivity index (χ2n) is 4.41. The fourth-order valence-corrected chi connectivity index (χ4v) is 2.55. The van der Waals surface area contributed by atoms with E-state index in [4.69, 9.17) is 5.26 Å². The Hall–Kier alpha value is -1.34. The lowest BCUT2D eigenvalue weighted by Gasteiger charge is -2.13. The maximum Gasteiger partial charge on any atom is 0.262 e. The molecule has 0 spiro atoms. The summed E-state index contributed by atoms with van der Waals surface area (Å²) in [5, 5.41) is 13.7. The number of aryl methyl sites for hydroxylation is 1. The van der Waals surface area contributed by atoms with Gasteiger partial charge < -0.3 is 5.32 Å². The average Bonchev–Trinajstić information content (AvgIpc) is 2.75. The monoisotopic (exact) mass is 250 g/mol.